The standard InChI is InChI=1S/C39H73NO14/c1-3-4-5-6-7-8-9-10-11-12-13-14-15-16-17-18-19-20-21-22-23-51-37-35(48)34(47)33(46)30(53-37)26-52-39(38(49)50)24-28(43)31(40-27(2)42)36(54-39)32(45)29(44)25-41/h28-37,41,43-48H,3-26H2,1-2H3,(H,40,42)(H,49,50)/t28-,29+,30+,31+,32+,33+,34-,35+,36+,37+,39-/m0/s1. The van der Waals surface area contributed by atoms with Crippen LogP contribution in [0.2, 0.25) is 0 Å². The molecule has 0 aromatic heterocycles. The molecule has 15 nitrogen and oxygen atoms in total. The number of nitrogens with one attached hydrogen (secondary N) is 1. The van der Waals surface area contributed by atoms with Crippen LogP contribution in [0.25, 0.3) is 0 Å². The number of carboxylic acids is 1. The molecule has 2 aliphatic heterocycles. The van der Waals surface area contributed by atoms with Gasteiger partial charge in [0, 0.05) is 20.0 Å². The molecular formula is C39H73NO14. The summed E-state index contributed by atoms with van der Waals surface area (Å²) < 4.78 is 22.5. The summed E-state index contributed by atoms with van der Waals surface area (Å²) in [4.78, 5) is 24.2. The summed E-state index contributed by atoms with van der Waals surface area (Å²) in [6.45, 7) is 1.93. The number of aliphatic hydroxyl groups excluding tert-OH is 7. The molecule has 15 heteroatoms. The van der Waals surface area contributed by atoms with E-state index in [1.54, 1.807) is 0 Å². The van der Waals surface area contributed by atoms with Crippen molar-refractivity contribution < 1.29 is 69.4 Å². The van der Waals surface area contributed by atoms with Gasteiger partial charge in [-0.3, -0.25) is 4.79 Å². The Labute approximate surface area is 321 Å². The number of ether oxygens (including phenoxy) is 4. The van der Waals surface area contributed by atoms with E-state index in [0.29, 0.717) is 6.42 Å². The van der Waals surface area contributed by atoms with Crippen molar-refractivity contribution in [3.8, 4) is 0 Å². The first-order chi connectivity index (χ1) is 25.9. The minimum atomic E-state index is -2.66. The SMILES string of the molecule is CCCCCCCCCCCCCCCCCCCCCCO[C@@H]1O[C@H](CO[C@@]2(C(=O)O)C[C@H](O)[C@@H](NC(C)=O)[C@H]([C@H](O)[C@H](O)CO)O2)[C@@H](O)[C@H](O)[C@H]1O. The van der Waals surface area contributed by atoms with E-state index in [0.717, 1.165) is 26.2 Å². The molecule has 0 aliphatic carbocycles. The molecule has 1 amide bonds. The Morgan fingerprint density at radius 3 is 1.69 bits per heavy atom. The monoisotopic (exact) mass is 780 g/mol. The summed E-state index contributed by atoms with van der Waals surface area (Å²) >= 11 is 0. The third-order valence-corrected chi connectivity index (χ3v) is 10.6. The minimum Gasteiger partial charge on any atom is -0.477 e. The predicted molar refractivity (Wildman–Crippen MR) is 199 cm³/mol. The fourth-order valence-corrected chi connectivity index (χ4v) is 7.24. The first-order valence-electron chi connectivity index (χ1n) is 20.7. The van der Waals surface area contributed by atoms with Gasteiger partial charge in [-0.25, -0.2) is 4.79 Å². The Bertz CT molecular complexity index is 1010. The summed E-state index contributed by atoms with van der Waals surface area (Å²) in [5, 5.41) is 84.8. The fourth-order valence-electron chi connectivity index (χ4n) is 7.24. The predicted octanol–water partition coefficient (Wildman–Crippen LogP) is 2.80. The highest BCUT2D eigenvalue weighted by Gasteiger charge is 2.56. The molecule has 2 aliphatic rings. The summed E-state index contributed by atoms with van der Waals surface area (Å²) in [6.07, 6.45) is 9.41. The van der Waals surface area contributed by atoms with Crippen molar-refractivity contribution in [2.24, 2.45) is 0 Å². The van der Waals surface area contributed by atoms with Crippen LogP contribution < -0.4 is 5.32 Å². The molecule has 2 saturated heterocycles. The van der Waals surface area contributed by atoms with Gasteiger partial charge in [-0.2, -0.15) is 0 Å². The van der Waals surface area contributed by atoms with Crippen molar-refractivity contribution in [2.75, 3.05) is 19.8 Å². The van der Waals surface area contributed by atoms with E-state index in [1.807, 2.05) is 0 Å². The molecule has 318 valence electrons. The number of carboxylic acid groups (broad SMARTS) is 1. The van der Waals surface area contributed by atoms with Crippen molar-refractivity contribution in [1.82, 2.24) is 5.32 Å². The minimum absolute atomic E-state index is 0.211. The van der Waals surface area contributed by atoms with E-state index in [-0.39, 0.29) is 6.61 Å². The number of aliphatic carboxylic acids is 1. The number of aliphatic hydroxyl groups is 7. The first kappa shape index (κ1) is 48.6. The van der Waals surface area contributed by atoms with Crippen LogP contribution in [0.15, 0.2) is 0 Å². The summed E-state index contributed by atoms with van der Waals surface area (Å²) in [5.41, 5.74) is 0. The molecule has 0 bridgehead atoms. The van der Waals surface area contributed by atoms with E-state index in [1.165, 1.54) is 103 Å². The molecule has 9 N–H and O–H groups in total. The van der Waals surface area contributed by atoms with Crippen molar-refractivity contribution in [2.45, 2.75) is 216 Å². The maximum Gasteiger partial charge on any atom is 0.364 e. The average molecular weight is 780 g/mol. The van der Waals surface area contributed by atoms with Crippen LogP contribution in [-0.2, 0) is 28.5 Å². The third kappa shape index (κ3) is 16.9. The largest absolute Gasteiger partial charge is 0.477 e. The summed E-state index contributed by atoms with van der Waals surface area (Å²) in [7, 11) is 0. The van der Waals surface area contributed by atoms with E-state index in [2.05, 4.69) is 12.2 Å². The Morgan fingerprint density at radius 2 is 1.24 bits per heavy atom. The Hall–Kier alpha value is -1.50. The maximum absolute atomic E-state index is 12.4. The Morgan fingerprint density at radius 1 is 0.759 bits per heavy atom. The molecule has 0 unspecified atom stereocenters. The molecular weight excluding hydrogens is 706 g/mol. The zero-order chi connectivity index (χ0) is 39.9. The molecule has 2 rings (SSSR count). The number of unbranched alkanes of at least 4 members (excludes halogenated alkanes) is 19. The van der Waals surface area contributed by atoms with Gasteiger partial charge in [0.15, 0.2) is 6.29 Å². The zero-order valence-electron chi connectivity index (χ0n) is 32.8. The van der Waals surface area contributed by atoms with E-state index in [9.17, 15) is 50.4 Å². The van der Waals surface area contributed by atoms with E-state index >= 15 is 0 Å². The second-order valence-corrected chi connectivity index (χ2v) is 15.3. The lowest BCUT2D eigenvalue weighted by Gasteiger charge is -2.47. The number of carbonyl (C=O) groups excluding carboxylic acids is 1. The lowest BCUT2D eigenvalue weighted by atomic mass is 9.88. The first-order valence-corrected chi connectivity index (χ1v) is 20.7. The van der Waals surface area contributed by atoms with Crippen LogP contribution in [-0.4, -0.2) is 140 Å². The zero-order valence-corrected chi connectivity index (χ0v) is 32.8. The third-order valence-electron chi connectivity index (χ3n) is 10.6. The van der Waals surface area contributed by atoms with Gasteiger partial charge < -0.3 is 65.1 Å². The maximum atomic E-state index is 12.4. The number of hydrogen-bond acceptors (Lipinski definition) is 13. The van der Waals surface area contributed by atoms with Crippen molar-refractivity contribution >= 4 is 11.9 Å². The van der Waals surface area contributed by atoms with Crippen LogP contribution >= 0.6 is 0 Å². The van der Waals surface area contributed by atoms with Crippen molar-refractivity contribution in [1.29, 1.82) is 0 Å². The molecule has 0 aromatic carbocycles. The van der Waals surface area contributed by atoms with Gasteiger partial charge >= 0.3 is 5.97 Å². The smallest absolute Gasteiger partial charge is 0.364 e. The Balaban J connectivity index is 1.68. The molecule has 2 fully saturated rings. The second-order valence-electron chi connectivity index (χ2n) is 15.3. The second kappa shape index (κ2) is 27.2. The molecule has 0 radical (unpaired) electrons. The van der Waals surface area contributed by atoms with Gasteiger partial charge in [-0.15, -0.1) is 0 Å². The lowest BCUT2D eigenvalue weighted by molar-refractivity contribution is -0.338. The number of amides is 1. The molecule has 2 heterocycles. The molecule has 54 heavy (non-hydrogen) atoms. The van der Waals surface area contributed by atoms with Gasteiger partial charge in [0.25, 0.3) is 5.79 Å². The van der Waals surface area contributed by atoms with E-state index in [4.69, 9.17) is 18.9 Å². The van der Waals surface area contributed by atoms with Gasteiger partial charge in [-0.05, 0) is 6.42 Å². The normalized spacial score (nSPS) is 29.9. The van der Waals surface area contributed by atoms with Crippen LogP contribution in [0.1, 0.15) is 149 Å². The summed E-state index contributed by atoms with van der Waals surface area (Å²) in [6, 6.07) is -1.38. The topological polar surface area (TPSA) is 245 Å². The fraction of sp³-hybridized carbons (Fsp3) is 0.949. The van der Waals surface area contributed by atoms with Gasteiger partial charge in [0.2, 0.25) is 5.91 Å². The molecule has 0 saturated carbocycles. The van der Waals surface area contributed by atoms with Crippen molar-refractivity contribution in [3.63, 3.8) is 0 Å². The van der Waals surface area contributed by atoms with Crippen LogP contribution in [0.3, 0.4) is 0 Å². The number of hydrogen-bond donors (Lipinski definition) is 9. The van der Waals surface area contributed by atoms with Crippen molar-refractivity contribution in [3.05, 3.63) is 0 Å². The highest BCUT2D eigenvalue weighted by atomic mass is 16.7. The van der Waals surface area contributed by atoms with Crippen LogP contribution in [0.4, 0.5) is 0 Å². The molecule has 0 aromatic rings. The Kier molecular flexibility index (Phi) is 24.5. The molecule has 11 atom stereocenters. The highest BCUT2D eigenvalue weighted by molar-refractivity contribution is 5.76. The quantitative estimate of drug-likeness (QED) is 0.0477. The summed E-state index contributed by atoms with van der Waals surface area (Å²) in [5.74, 6) is -5.05. The van der Waals surface area contributed by atoms with Crippen LogP contribution in [0.5, 0.6) is 0 Å². The molecule has 0 spiro atoms. The lowest BCUT2D eigenvalue weighted by Crippen LogP contribution is -2.68. The van der Waals surface area contributed by atoms with Crippen LogP contribution in [0, 0.1) is 0 Å². The highest BCUT2D eigenvalue weighted by Crippen LogP contribution is 2.35. The average Bonchev–Trinajstić information content (AvgIpc) is 3.14. The number of carbonyl (C=O) groups is 2. The van der Waals surface area contributed by atoms with Gasteiger partial charge in [-0.1, -0.05) is 129 Å². The number of rotatable bonds is 30. The van der Waals surface area contributed by atoms with Gasteiger partial charge in [0.1, 0.15) is 42.7 Å². The van der Waals surface area contributed by atoms with Gasteiger partial charge in [0.05, 0.1) is 25.4 Å². The van der Waals surface area contributed by atoms with E-state index < -0.39 is 98.5 Å².